The first kappa shape index (κ1) is 16.5. The largest absolute Gasteiger partial charge is 0.353 e. The molecule has 3 nitrogen and oxygen atoms in total. The molecule has 21 heavy (non-hydrogen) atoms. The Morgan fingerprint density at radius 3 is 2.48 bits per heavy atom. The van der Waals surface area contributed by atoms with Crippen LogP contribution in [-0.4, -0.2) is 22.6 Å². The van der Waals surface area contributed by atoms with E-state index in [2.05, 4.69) is 37.6 Å². The van der Waals surface area contributed by atoms with Gasteiger partial charge >= 0.3 is 0 Å². The van der Waals surface area contributed by atoms with E-state index >= 15 is 0 Å². The molecule has 1 heterocycles. The maximum Gasteiger partial charge on any atom is 0.137 e. The van der Waals surface area contributed by atoms with E-state index in [9.17, 15) is 0 Å². The Labute approximate surface area is 134 Å². The molecule has 1 aliphatic carbocycles. The van der Waals surface area contributed by atoms with Gasteiger partial charge in [-0.1, -0.05) is 45.2 Å². The highest BCUT2D eigenvalue weighted by Crippen LogP contribution is 2.31. The lowest BCUT2D eigenvalue weighted by Crippen LogP contribution is -2.36. The van der Waals surface area contributed by atoms with Gasteiger partial charge in [-0.25, -0.2) is 9.97 Å². The normalized spacial score (nSPS) is 15.9. The van der Waals surface area contributed by atoms with E-state index in [0.717, 1.165) is 30.2 Å². The molecule has 1 aromatic rings. The van der Waals surface area contributed by atoms with Gasteiger partial charge < -0.3 is 4.90 Å². The van der Waals surface area contributed by atoms with E-state index in [1.807, 2.05) is 0 Å². The van der Waals surface area contributed by atoms with Crippen LogP contribution in [0.2, 0.25) is 5.15 Å². The highest BCUT2D eigenvalue weighted by Gasteiger charge is 2.26. The van der Waals surface area contributed by atoms with Gasteiger partial charge in [-0.3, -0.25) is 0 Å². The van der Waals surface area contributed by atoms with Crippen molar-refractivity contribution in [2.45, 2.75) is 72.3 Å². The lowest BCUT2D eigenvalue weighted by molar-refractivity contribution is 0.523. The van der Waals surface area contributed by atoms with Gasteiger partial charge in [-0.05, 0) is 32.1 Å². The van der Waals surface area contributed by atoms with Gasteiger partial charge in [0.25, 0.3) is 0 Å². The third kappa shape index (κ3) is 4.09. The molecule has 0 radical (unpaired) electrons. The molecule has 0 atom stereocenters. The van der Waals surface area contributed by atoms with E-state index in [1.165, 1.54) is 32.1 Å². The van der Waals surface area contributed by atoms with Crippen molar-refractivity contribution < 1.29 is 0 Å². The number of aromatic nitrogens is 2. The minimum absolute atomic E-state index is 0.615. The first-order valence-electron chi connectivity index (χ1n) is 8.32. The van der Waals surface area contributed by atoms with Gasteiger partial charge in [0.15, 0.2) is 0 Å². The summed E-state index contributed by atoms with van der Waals surface area (Å²) in [4.78, 5) is 11.7. The van der Waals surface area contributed by atoms with Crippen LogP contribution in [0, 0.1) is 12.8 Å². The maximum absolute atomic E-state index is 6.33. The molecule has 118 valence electrons. The van der Waals surface area contributed by atoms with Crippen LogP contribution < -0.4 is 4.90 Å². The Morgan fingerprint density at radius 2 is 1.90 bits per heavy atom. The molecular weight excluding hydrogens is 282 g/mol. The van der Waals surface area contributed by atoms with Crippen LogP contribution in [0.3, 0.4) is 0 Å². The van der Waals surface area contributed by atoms with E-state index in [4.69, 9.17) is 16.6 Å². The molecule has 1 aromatic heterocycles. The van der Waals surface area contributed by atoms with E-state index < -0.39 is 0 Å². The summed E-state index contributed by atoms with van der Waals surface area (Å²) in [7, 11) is 0. The summed E-state index contributed by atoms with van der Waals surface area (Å²) in [6.07, 6.45) is 7.25. The number of nitrogens with zero attached hydrogens (tertiary/aromatic N) is 3. The highest BCUT2D eigenvalue weighted by atomic mass is 35.5. The monoisotopic (exact) mass is 309 g/mol. The van der Waals surface area contributed by atoms with Gasteiger partial charge in [-0.15, -0.1) is 0 Å². The summed E-state index contributed by atoms with van der Waals surface area (Å²) in [5.41, 5.74) is 1.03. The first-order chi connectivity index (χ1) is 10.0. The molecule has 0 spiro atoms. The predicted molar refractivity (Wildman–Crippen MR) is 90.2 cm³/mol. The molecule has 0 unspecified atom stereocenters. The van der Waals surface area contributed by atoms with E-state index in [-0.39, 0.29) is 0 Å². The summed E-state index contributed by atoms with van der Waals surface area (Å²) >= 11 is 6.33. The number of halogens is 1. The average Bonchev–Trinajstić information content (AvgIpc) is 2.97. The Kier molecular flexibility index (Phi) is 5.86. The van der Waals surface area contributed by atoms with Crippen molar-refractivity contribution >= 4 is 17.4 Å². The fraction of sp³-hybridized carbons (Fsp3) is 0.765. The topological polar surface area (TPSA) is 29.0 Å². The second-order valence-corrected chi connectivity index (χ2v) is 6.91. The minimum atomic E-state index is 0.615. The smallest absolute Gasteiger partial charge is 0.137 e. The van der Waals surface area contributed by atoms with Gasteiger partial charge in [0.2, 0.25) is 0 Å². The number of hydrogen-bond acceptors (Lipinski definition) is 3. The van der Waals surface area contributed by atoms with Crippen LogP contribution in [0.4, 0.5) is 5.82 Å². The van der Waals surface area contributed by atoms with Crippen molar-refractivity contribution in [3.63, 3.8) is 0 Å². The summed E-state index contributed by atoms with van der Waals surface area (Å²) in [6.45, 7) is 9.77. The Balaban J connectivity index is 2.32. The summed E-state index contributed by atoms with van der Waals surface area (Å²) in [5.74, 6) is 2.63. The van der Waals surface area contributed by atoms with Crippen molar-refractivity contribution in [3.05, 3.63) is 16.5 Å². The van der Waals surface area contributed by atoms with Crippen LogP contribution in [0.15, 0.2) is 0 Å². The molecule has 0 bridgehead atoms. The third-order valence-electron chi connectivity index (χ3n) is 4.41. The Morgan fingerprint density at radius 1 is 1.24 bits per heavy atom. The number of aryl methyl sites for hydroxylation is 1. The van der Waals surface area contributed by atoms with Gasteiger partial charge in [0.05, 0.1) is 0 Å². The molecule has 1 fully saturated rings. The lowest BCUT2D eigenvalue weighted by atomic mass is 10.1. The predicted octanol–water partition coefficient (Wildman–Crippen LogP) is 4.80. The molecule has 0 aliphatic heterocycles. The Bertz CT molecular complexity index is 467. The van der Waals surface area contributed by atoms with Gasteiger partial charge in [-0.2, -0.15) is 0 Å². The molecule has 0 N–H and O–H groups in total. The third-order valence-corrected chi connectivity index (χ3v) is 4.78. The van der Waals surface area contributed by atoms with Crippen molar-refractivity contribution in [2.24, 2.45) is 5.92 Å². The fourth-order valence-corrected chi connectivity index (χ4v) is 3.21. The second kappa shape index (κ2) is 7.44. The molecule has 0 amide bonds. The molecular formula is C17H28ClN3. The van der Waals surface area contributed by atoms with Crippen LogP contribution in [0.25, 0.3) is 0 Å². The highest BCUT2D eigenvalue weighted by molar-refractivity contribution is 6.30. The molecule has 0 aromatic carbocycles. The van der Waals surface area contributed by atoms with Crippen molar-refractivity contribution in [3.8, 4) is 0 Å². The second-order valence-electron chi connectivity index (χ2n) is 6.55. The standard InChI is InChI=1S/C17H28ClN3/c1-5-15-19-16(18)13(4)17(20-15)21(11-10-12(2)3)14-8-6-7-9-14/h12,14H,5-11H2,1-4H3. The van der Waals surface area contributed by atoms with E-state index in [1.54, 1.807) is 0 Å². The first-order valence-corrected chi connectivity index (χ1v) is 8.70. The van der Waals surface area contributed by atoms with Gasteiger partial charge in [0.1, 0.15) is 16.8 Å². The number of anilines is 1. The zero-order chi connectivity index (χ0) is 15.4. The maximum atomic E-state index is 6.33. The van der Waals surface area contributed by atoms with E-state index in [0.29, 0.717) is 17.1 Å². The Hall–Kier alpha value is -0.830. The zero-order valence-electron chi connectivity index (χ0n) is 13.8. The number of hydrogen-bond donors (Lipinski definition) is 0. The molecule has 1 aliphatic rings. The molecule has 4 heteroatoms. The van der Waals surface area contributed by atoms with Crippen molar-refractivity contribution in [2.75, 3.05) is 11.4 Å². The summed E-state index contributed by atoms with van der Waals surface area (Å²) in [5, 5.41) is 0.615. The fourth-order valence-electron chi connectivity index (χ4n) is 3.03. The summed E-state index contributed by atoms with van der Waals surface area (Å²) < 4.78 is 0. The van der Waals surface area contributed by atoms with Crippen LogP contribution in [-0.2, 0) is 6.42 Å². The molecule has 1 saturated carbocycles. The molecule has 0 saturated heterocycles. The number of rotatable bonds is 6. The minimum Gasteiger partial charge on any atom is -0.353 e. The van der Waals surface area contributed by atoms with Crippen LogP contribution in [0.5, 0.6) is 0 Å². The van der Waals surface area contributed by atoms with Crippen molar-refractivity contribution in [1.29, 1.82) is 0 Å². The summed E-state index contributed by atoms with van der Waals surface area (Å²) in [6, 6.07) is 0.623. The van der Waals surface area contributed by atoms with Crippen LogP contribution >= 0.6 is 11.6 Å². The lowest BCUT2D eigenvalue weighted by Gasteiger charge is -2.32. The quantitative estimate of drug-likeness (QED) is 0.707. The average molecular weight is 310 g/mol. The van der Waals surface area contributed by atoms with Gasteiger partial charge in [0, 0.05) is 24.6 Å². The molecule has 2 rings (SSSR count). The van der Waals surface area contributed by atoms with Crippen molar-refractivity contribution in [1.82, 2.24) is 9.97 Å². The SMILES string of the molecule is CCc1nc(Cl)c(C)c(N(CCC(C)C)C2CCCC2)n1. The zero-order valence-corrected chi connectivity index (χ0v) is 14.6. The van der Waals surface area contributed by atoms with Crippen LogP contribution in [0.1, 0.15) is 64.3 Å².